The van der Waals surface area contributed by atoms with E-state index in [1.54, 1.807) is 9.36 Å². The average molecular weight is 273 g/mol. The van der Waals surface area contributed by atoms with Crippen molar-refractivity contribution in [2.75, 3.05) is 5.32 Å². The highest BCUT2D eigenvalue weighted by molar-refractivity contribution is 5.89. The summed E-state index contributed by atoms with van der Waals surface area (Å²) in [4.78, 5) is 23.9. The molecule has 20 heavy (non-hydrogen) atoms. The van der Waals surface area contributed by atoms with Crippen LogP contribution in [-0.4, -0.2) is 15.3 Å². The van der Waals surface area contributed by atoms with Crippen molar-refractivity contribution in [2.24, 2.45) is 7.05 Å². The van der Waals surface area contributed by atoms with Crippen LogP contribution in [0.1, 0.15) is 32.4 Å². The molecule has 0 unspecified atom stereocenters. The van der Waals surface area contributed by atoms with Gasteiger partial charge >= 0.3 is 0 Å². The molecule has 0 aliphatic carbocycles. The predicted octanol–water partition coefficient (Wildman–Crippen LogP) is 2.26. The first-order valence-electron chi connectivity index (χ1n) is 6.58. The zero-order chi connectivity index (χ0) is 14.9. The maximum atomic E-state index is 12.6. The lowest BCUT2D eigenvalue weighted by molar-refractivity contribution is -0.114. The minimum Gasteiger partial charge on any atom is -0.320 e. The van der Waals surface area contributed by atoms with Gasteiger partial charge in [0.2, 0.25) is 5.91 Å². The first-order valence-corrected chi connectivity index (χ1v) is 6.58. The van der Waals surface area contributed by atoms with Crippen molar-refractivity contribution < 1.29 is 4.79 Å². The SMILES string of the molecule is CC(=O)Nc1c(C(C)C)n(C)n(-c2ccccc2)c1=O. The van der Waals surface area contributed by atoms with Crippen LogP contribution in [0.3, 0.4) is 0 Å². The number of aromatic nitrogens is 2. The molecule has 106 valence electrons. The van der Waals surface area contributed by atoms with Crippen LogP contribution in [0.15, 0.2) is 35.1 Å². The van der Waals surface area contributed by atoms with Crippen molar-refractivity contribution in [2.45, 2.75) is 26.7 Å². The summed E-state index contributed by atoms with van der Waals surface area (Å²) >= 11 is 0. The lowest BCUT2D eigenvalue weighted by atomic mass is 10.1. The van der Waals surface area contributed by atoms with Crippen LogP contribution in [0.5, 0.6) is 0 Å². The zero-order valence-corrected chi connectivity index (χ0v) is 12.2. The van der Waals surface area contributed by atoms with E-state index in [9.17, 15) is 9.59 Å². The lowest BCUT2D eigenvalue weighted by Crippen LogP contribution is -2.21. The fourth-order valence-corrected chi connectivity index (χ4v) is 2.44. The van der Waals surface area contributed by atoms with E-state index < -0.39 is 0 Å². The maximum absolute atomic E-state index is 12.6. The van der Waals surface area contributed by atoms with Crippen molar-refractivity contribution in [3.05, 3.63) is 46.4 Å². The van der Waals surface area contributed by atoms with E-state index in [2.05, 4.69) is 5.32 Å². The summed E-state index contributed by atoms with van der Waals surface area (Å²) in [6.45, 7) is 5.40. The van der Waals surface area contributed by atoms with Crippen LogP contribution >= 0.6 is 0 Å². The summed E-state index contributed by atoms with van der Waals surface area (Å²) in [5.74, 6) is -0.116. The minimum atomic E-state index is -0.241. The molecule has 1 N–H and O–H groups in total. The number of nitrogens with zero attached hydrogens (tertiary/aromatic N) is 2. The molecule has 0 aliphatic rings. The number of hydrogen-bond donors (Lipinski definition) is 1. The van der Waals surface area contributed by atoms with Crippen LogP contribution in [0.4, 0.5) is 5.69 Å². The number of carbonyl (C=O) groups is 1. The third-order valence-corrected chi connectivity index (χ3v) is 3.16. The third kappa shape index (κ3) is 2.39. The number of benzene rings is 1. The number of carbonyl (C=O) groups excluding carboxylic acids is 1. The number of rotatable bonds is 3. The summed E-state index contributed by atoms with van der Waals surface area (Å²) < 4.78 is 3.37. The topological polar surface area (TPSA) is 56.0 Å². The van der Waals surface area contributed by atoms with Crippen LogP contribution < -0.4 is 10.9 Å². The minimum absolute atomic E-state index is 0.125. The van der Waals surface area contributed by atoms with E-state index in [4.69, 9.17) is 0 Å². The van der Waals surface area contributed by atoms with Gasteiger partial charge in [-0.25, -0.2) is 4.68 Å². The smallest absolute Gasteiger partial charge is 0.295 e. The number of hydrogen-bond acceptors (Lipinski definition) is 2. The molecule has 1 heterocycles. The van der Waals surface area contributed by atoms with Crippen molar-refractivity contribution in [1.29, 1.82) is 0 Å². The van der Waals surface area contributed by atoms with Gasteiger partial charge in [0.1, 0.15) is 5.69 Å². The highest BCUT2D eigenvalue weighted by Gasteiger charge is 2.21. The molecule has 2 aromatic rings. The fraction of sp³-hybridized carbons (Fsp3) is 0.333. The van der Waals surface area contributed by atoms with Gasteiger partial charge in [-0.1, -0.05) is 32.0 Å². The first kappa shape index (κ1) is 14.1. The monoisotopic (exact) mass is 273 g/mol. The van der Waals surface area contributed by atoms with E-state index >= 15 is 0 Å². The molecule has 0 saturated carbocycles. The molecule has 1 aromatic heterocycles. The van der Waals surface area contributed by atoms with Gasteiger partial charge < -0.3 is 5.32 Å². The van der Waals surface area contributed by atoms with E-state index in [-0.39, 0.29) is 17.4 Å². The second kappa shape index (κ2) is 5.36. The molecular weight excluding hydrogens is 254 g/mol. The highest BCUT2D eigenvalue weighted by Crippen LogP contribution is 2.22. The molecule has 0 atom stereocenters. The summed E-state index contributed by atoms with van der Waals surface area (Å²) in [5.41, 5.74) is 1.74. The molecule has 0 bridgehead atoms. The van der Waals surface area contributed by atoms with E-state index in [1.165, 1.54) is 6.92 Å². The Balaban J connectivity index is 2.72. The van der Waals surface area contributed by atoms with Crippen molar-refractivity contribution >= 4 is 11.6 Å². The Kier molecular flexibility index (Phi) is 3.79. The molecule has 2 rings (SSSR count). The third-order valence-electron chi connectivity index (χ3n) is 3.16. The van der Waals surface area contributed by atoms with Crippen LogP contribution in [0.25, 0.3) is 5.69 Å². The Hall–Kier alpha value is -2.30. The maximum Gasteiger partial charge on any atom is 0.295 e. The zero-order valence-electron chi connectivity index (χ0n) is 12.2. The first-order chi connectivity index (χ1) is 9.43. The molecule has 5 heteroatoms. The molecule has 0 spiro atoms. The van der Waals surface area contributed by atoms with Crippen LogP contribution in [0, 0.1) is 0 Å². The Morgan fingerprint density at radius 2 is 1.80 bits per heavy atom. The van der Waals surface area contributed by atoms with Gasteiger partial charge in [-0.2, -0.15) is 0 Å². The second-order valence-electron chi connectivity index (χ2n) is 5.07. The summed E-state index contributed by atoms with van der Waals surface area (Å²) in [6, 6.07) is 9.38. The van der Waals surface area contributed by atoms with Gasteiger partial charge in [-0.15, -0.1) is 0 Å². The number of nitrogens with one attached hydrogen (secondary N) is 1. The molecule has 1 amide bonds. The van der Waals surface area contributed by atoms with Crippen LogP contribution in [0.2, 0.25) is 0 Å². The Morgan fingerprint density at radius 1 is 1.20 bits per heavy atom. The van der Waals surface area contributed by atoms with Gasteiger partial charge in [0, 0.05) is 14.0 Å². The molecule has 5 nitrogen and oxygen atoms in total. The average Bonchev–Trinajstić information content (AvgIpc) is 2.61. The quantitative estimate of drug-likeness (QED) is 0.932. The summed E-state index contributed by atoms with van der Waals surface area (Å²) in [6.07, 6.45) is 0. The largest absolute Gasteiger partial charge is 0.320 e. The molecule has 0 radical (unpaired) electrons. The Morgan fingerprint density at radius 3 is 2.30 bits per heavy atom. The van der Waals surface area contributed by atoms with Crippen LogP contribution in [-0.2, 0) is 11.8 Å². The number of para-hydroxylation sites is 1. The molecule has 1 aromatic carbocycles. The molecule has 0 saturated heterocycles. The predicted molar refractivity (Wildman–Crippen MR) is 79.4 cm³/mol. The Labute approximate surface area is 117 Å². The van der Waals surface area contributed by atoms with Crippen molar-refractivity contribution in [1.82, 2.24) is 9.36 Å². The van der Waals surface area contributed by atoms with Gasteiger partial charge in [0.05, 0.1) is 11.4 Å². The highest BCUT2D eigenvalue weighted by atomic mass is 16.2. The fourth-order valence-electron chi connectivity index (χ4n) is 2.44. The lowest BCUT2D eigenvalue weighted by Gasteiger charge is -2.12. The van der Waals surface area contributed by atoms with Crippen molar-refractivity contribution in [3.8, 4) is 5.69 Å². The molecule has 0 fully saturated rings. The van der Waals surface area contributed by atoms with Gasteiger partial charge in [0.15, 0.2) is 0 Å². The van der Waals surface area contributed by atoms with Gasteiger partial charge in [-0.3, -0.25) is 14.3 Å². The standard InChI is InChI=1S/C15H19N3O2/c1-10(2)14-13(16-11(3)19)15(20)18(17(14)4)12-8-6-5-7-9-12/h5-10H,1-4H3,(H,16,19). The normalized spacial score (nSPS) is 10.8. The van der Waals surface area contributed by atoms with E-state index in [1.807, 2.05) is 51.2 Å². The van der Waals surface area contributed by atoms with E-state index in [0.717, 1.165) is 11.4 Å². The van der Waals surface area contributed by atoms with Crippen molar-refractivity contribution in [3.63, 3.8) is 0 Å². The second-order valence-corrected chi connectivity index (χ2v) is 5.07. The summed E-state index contributed by atoms with van der Waals surface area (Å²) in [5, 5.41) is 2.66. The molecule has 0 aliphatic heterocycles. The van der Waals surface area contributed by atoms with Gasteiger partial charge in [-0.05, 0) is 18.1 Å². The number of amides is 1. The molecular formula is C15H19N3O2. The Bertz CT molecular complexity index is 681. The van der Waals surface area contributed by atoms with E-state index in [0.29, 0.717) is 5.69 Å². The van der Waals surface area contributed by atoms with Gasteiger partial charge in [0.25, 0.3) is 5.56 Å². The number of anilines is 1. The summed E-state index contributed by atoms with van der Waals surface area (Å²) in [7, 11) is 1.83.